The summed E-state index contributed by atoms with van der Waals surface area (Å²) in [7, 11) is 3.84. The maximum atomic E-state index is 12.7. The number of carbonyl (C=O) groups is 1. The molecule has 26 heavy (non-hydrogen) atoms. The van der Waals surface area contributed by atoms with Crippen LogP contribution in [0.25, 0.3) is 0 Å². The van der Waals surface area contributed by atoms with E-state index >= 15 is 0 Å². The van der Waals surface area contributed by atoms with Gasteiger partial charge in [0.05, 0.1) is 11.7 Å². The van der Waals surface area contributed by atoms with Gasteiger partial charge < -0.3 is 15.0 Å². The first-order valence-electron chi connectivity index (χ1n) is 8.76. The lowest BCUT2D eigenvalue weighted by atomic mass is 9.92. The Kier molecular flexibility index (Phi) is 5.51. The summed E-state index contributed by atoms with van der Waals surface area (Å²) >= 11 is 0. The maximum Gasteiger partial charge on any atom is 0.251 e. The number of rotatable bonds is 6. The second kappa shape index (κ2) is 7.99. The van der Waals surface area contributed by atoms with Gasteiger partial charge in [-0.2, -0.15) is 0 Å². The highest BCUT2D eigenvalue weighted by Crippen LogP contribution is 2.29. The summed E-state index contributed by atoms with van der Waals surface area (Å²) in [6.45, 7) is 4.04. The van der Waals surface area contributed by atoms with E-state index in [0.717, 1.165) is 30.5 Å². The number of ether oxygens (including phenoxy) is 1. The minimum absolute atomic E-state index is 0.0692. The number of hydrogen-bond acceptors (Lipinski definition) is 5. The predicted octanol–water partition coefficient (Wildman–Crippen LogP) is 2.91. The topological polar surface area (TPSA) is 67.3 Å². The fourth-order valence-corrected chi connectivity index (χ4v) is 3.03. The average Bonchev–Trinajstić information content (AvgIpc) is 2.66. The van der Waals surface area contributed by atoms with E-state index in [-0.39, 0.29) is 11.9 Å². The predicted molar refractivity (Wildman–Crippen MR) is 102 cm³/mol. The zero-order valence-corrected chi connectivity index (χ0v) is 15.2. The normalized spacial score (nSPS) is 15.7. The number of aryl methyl sites for hydroxylation is 1. The minimum atomic E-state index is -0.122. The fourth-order valence-electron chi connectivity index (χ4n) is 3.03. The van der Waals surface area contributed by atoms with Crippen molar-refractivity contribution in [3.05, 3.63) is 59.9 Å². The summed E-state index contributed by atoms with van der Waals surface area (Å²) in [5.74, 6) is 1.23. The number of carbonyl (C=O) groups excluding carboxylic acids is 1. The summed E-state index contributed by atoms with van der Waals surface area (Å²) in [5.41, 5.74) is 2.60. The van der Waals surface area contributed by atoms with Gasteiger partial charge in [-0.1, -0.05) is 18.7 Å². The molecule has 1 atom stereocenters. The molecule has 1 heterocycles. The second-order valence-corrected chi connectivity index (χ2v) is 6.51. The molecule has 1 aliphatic rings. The van der Waals surface area contributed by atoms with E-state index in [9.17, 15) is 4.79 Å². The van der Waals surface area contributed by atoms with Gasteiger partial charge in [0, 0.05) is 31.4 Å². The van der Waals surface area contributed by atoms with Crippen molar-refractivity contribution in [3.63, 3.8) is 0 Å². The Labute approximate surface area is 153 Å². The molecule has 0 bridgehead atoms. The van der Waals surface area contributed by atoms with E-state index in [1.165, 1.54) is 0 Å². The van der Waals surface area contributed by atoms with Crippen LogP contribution in [-0.2, 0) is 6.42 Å². The SMILES string of the molecule is C=CCOc1cccc(C(=O)NC2CCCc3nc(N(C)C)ncc32)c1. The van der Waals surface area contributed by atoms with Crippen molar-refractivity contribution >= 4 is 11.9 Å². The first-order valence-corrected chi connectivity index (χ1v) is 8.76. The molecular formula is C20H24N4O2. The van der Waals surface area contributed by atoms with Crippen LogP contribution in [0, 0.1) is 0 Å². The number of nitrogens with zero attached hydrogens (tertiary/aromatic N) is 3. The van der Waals surface area contributed by atoms with E-state index in [4.69, 9.17) is 4.74 Å². The van der Waals surface area contributed by atoms with Crippen molar-refractivity contribution in [2.75, 3.05) is 25.6 Å². The van der Waals surface area contributed by atoms with Gasteiger partial charge in [0.15, 0.2) is 0 Å². The van der Waals surface area contributed by atoms with Crippen LogP contribution in [0.5, 0.6) is 5.75 Å². The van der Waals surface area contributed by atoms with Crippen LogP contribution in [0.2, 0.25) is 0 Å². The number of anilines is 1. The lowest BCUT2D eigenvalue weighted by molar-refractivity contribution is 0.0932. The third kappa shape index (κ3) is 4.02. The molecule has 0 saturated heterocycles. The van der Waals surface area contributed by atoms with Crippen molar-refractivity contribution in [2.45, 2.75) is 25.3 Å². The molecule has 6 heteroatoms. The van der Waals surface area contributed by atoms with Crippen molar-refractivity contribution in [1.29, 1.82) is 0 Å². The molecule has 1 aliphatic carbocycles. The van der Waals surface area contributed by atoms with Gasteiger partial charge in [0.1, 0.15) is 12.4 Å². The Morgan fingerprint density at radius 2 is 2.31 bits per heavy atom. The van der Waals surface area contributed by atoms with Crippen LogP contribution in [0.4, 0.5) is 5.95 Å². The summed E-state index contributed by atoms with van der Waals surface area (Å²) < 4.78 is 5.51. The molecule has 0 fully saturated rings. The molecule has 0 radical (unpaired) electrons. The number of amides is 1. The molecule has 1 amide bonds. The number of nitrogens with one attached hydrogen (secondary N) is 1. The van der Waals surface area contributed by atoms with E-state index in [1.807, 2.05) is 37.3 Å². The molecular weight excluding hydrogens is 328 g/mol. The highest BCUT2D eigenvalue weighted by Gasteiger charge is 2.24. The summed E-state index contributed by atoms with van der Waals surface area (Å²) in [4.78, 5) is 23.6. The molecule has 1 unspecified atom stereocenters. The van der Waals surface area contributed by atoms with E-state index < -0.39 is 0 Å². The maximum absolute atomic E-state index is 12.7. The molecule has 2 aromatic rings. The Morgan fingerprint density at radius 3 is 3.08 bits per heavy atom. The van der Waals surface area contributed by atoms with Crippen molar-refractivity contribution < 1.29 is 9.53 Å². The zero-order chi connectivity index (χ0) is 18.5. The van der Waals surface area contributed by atoms with Crippen molar-refractivity contribution in [2.24, 2.45) is 0 Å². The van der Waals surface area contributed by atoms with Gasteiger partial charge in [-0.25, -0.2) is 9.97 Å². The minimum Gasteiger partial charge on any atom is -0.490 e. The van der Waals surface area contributed by atoms with Gasteiger partial charge in [-0.15, -0.1) is 0 Å². The van der Waals surface area contributed by atoms with E-state index in [2.05, 4.69) is 21.9 Å². The van der Waals surface area contributed by atoms with Gasteiger partial charge in [0.2, 0.25) is 5.95 Å². The van der Waals surface area contributed by atoms with E-state index in [1.54, 1.807) is 18.2 Å². The molecule has 1 aromatic heterocycles. The standard InChI is InChI=1S/C20H24N4O2/c1-4-11-26-15-8-5-7-14(12-15)19(25)22-17-9-6-10-18-16(17)13-21-20(23-18)24(2)3/h4-5,7-8,12-13,17H,1,6,9-11H2,2-3H3,(H,22,25). The molecule has 136 valence electrons. The Morgan fingerprint density at radius 1 is 1.46 bits per heavy atom. The largest absolute Gasteiger partial charge is 0.490 e. The highest BCUT2D eigenvalue weighted by atomic mass is 16.5. The summed E-state index contributed by atoms with van der Waals surface area (Å²) in [6.07, 6.45) is 6.30. The highest BCUT2D eigenvalue weighted by molar-refractivity contribution is 5.94. The number of fused-ring (bicyclic) bond motifs is 1. The van der Waals surface area contributed by atoms with Gasteiger partial charge in [-0.3, -0.25) is 4.79 Å². The van der Waals surface area contributed by atoms with Crippen LogP contribution in [0.3, 0.4) is 0 Å². The molecule has 6 nitrogen and oxygen atoms in total. The zero-order valence-electron chi connectivity index (χ0n) is 15.2. The molecule has 0 spiro atoms. The smallest absolute Gasteiger partial charge is 0.251 e. The molecule has 0 aliphatic heterocycles. The van der Waals surface area contributed by atoms with Crippen LogP contribution in [0.1, 0.15) is 40.5 Å². The lowest BCUT2D eigenvalue weighted by Crippen LogP contribution is -2.31. The van der Waals surface area contributed by atoms with Gasteiger partial charge in [-0.05, 0) is 37.5 Å². The van der Waals surface area contributed by atoms with Gasteiger partial charge >= 0.3 is 0 Å². The van der Waals surface area contributed by atoms with Crippen molar-refractivity contribution in [1.82, 2.24) is 15.3 Å². The Bertz CT molecular complexity index is 804. The summed E-state index contributed by atoms with van der Waals surface area (Å²) in [5, 5.41) is 3.12. The van der Waals surface area contributed by atoms with Crippen molar-refractivity contribution in [3.8, 4) is 5.75 Å². The van der Waals surface area contributed by atoms with Crippen LogP contribution < -0.4 is 15.0 Å². The summed E-state index contributed by atoms with van der Waals surface area (Å²) in [6, 6.07) is 7.10. The van der Waals surface area contributed by atoms with Crippen LogP contribution in [-0.4, -0.2) is 36.6 Å². The first-order chi connectivity index (χ1) is 12.6. The Balaban J connectivity index is 1.76. The third-order valence-corrected chi connectivity index (χ3v) is 4.34. The quantitative estimate of drug-likeness (QED) is 0.810. The first kappa shape index (κ1) is 17.9. The number of benzene rings is 1. The molecule has 0 saturated carbocycles. The molecule has 1 aromatic carbocycles. The Hall–Kier alpha value is -2.89. The van der Waals surface area contributed by atoms with E-state index in [0.29, 0.717) is 23.9 Å². The van der Waals surface area contributed by atoms with Crippen LogP contribution in [0.15, 0.2) is 43.1 Å². The van der Waals surface area contributed by atoms with Crippen LogP contribution >= 0.6 is 0 Å². The second-order valence-electron chi connectivity index (χ2n) is 6.51. The average molecular weight is 352 g/mol. The third-order valence-electron chi connectivity index (χ3n) is 4.34. The molecule has 3 rings (SSSR count). The number of hydrogen-bond donors (Lipinski definition) is 1. The number of aromatic nitrogens is 2. The fraction of sp³-hybridized carbons (Fsp3) is 0.350. The lowest BCUT2D eigenvalue weighted by Gasteiger charge is -2.26. The van der Waals surface area contributed by atoms with Gasteiger partial charge in [0.25, 0.3) is 5.91 Å². The monoisotopic (exact) mass is 352 g/mol. The molecule has 1 N–H and O–H groups in total.